The maximum atomic E-state index is 14.2. The summed E-state index contributed by atoms with van der Waals surface area (Å²) in [6.45, 7) is 2.35. The third-order valence-corrected chi connectivity index (χ3v) is 5.11. The number of amides is 3. The van der Waals surface area contributed by atoms with Gasteiger partial charge in [0.15, 0.2) is 11.6 Å². The Bertz CT molecular complexity index is 981. The molecule has 1 aliphatic rings. The number of carbonyl (C=O) groups excluding carboxylic acids is 3. The lowest BCUT2D eigenvalue weighted by Gasteiger charge is -2.38. The Kier molecular flexibility index (Phi) is 6.29. The summed E-state index contributed by atoms with van der Waals surface area (Å²) >= 11 is 0. The zero-order valence-electron chi connectivity index (χ0n) is 16.7. The van der Waals surface area contributed by atoms with E-state index in [9.17, 15) is 18.8 Å². The van der Waals surface area contributed by atoms with Crippen LogP contribution in [-0.4, -0.2) is 41.3 Å². The number of rotatable bonds is 4. The molecular weight excluding hydrogens is 391 g/mol. The highest BCUT2D eigenvalue weighted by Gasteiger charge is 2.34. The number of carbonyl (C=O) groups is 3. The molecule has 2 heterocycles. The molecule has 0 unspecified atom stereocenters. The molecule has 2 aromatic rings. The van der Waals surface area contributed by atoms with E-state index in [1.54, 1.807) is 6.07 Å². The first-order valence-corrected chi connectivity index (χ1v) is 9.50. The number of hydrogen-bond donors (Lipinski definition) is 2. The zero-order valence-corrected chi connectivity index (χ0v) is 16.7. The highest BCUT2D eigenvalue weighted by Crippen LogP contribution is 2.35. The van der Waals surface area contributed by atoms with E-state index in [4.69, 9.17) is 10.5 Å². The second kappa shape index (κ2) is 8.89. The highest BCUT2D eigenvalue weighted by molar-refractivity contribution is 6.39. The number of piperidine rings is 1. The molecule has 3 N–H and O–H groups in total. The van der Waals surface area contributed by atoms with E-state index in [2.05, 4.69) is 10.3 Å². The van der Waals surface area contributed by atoms with Crippen molar-refractivity contribution in [3.63, 3.8) is 0 Å². The van der Waals surface area contributed by atoms with Gasteiger partial charge in [0.05, 0.1) is 30.6 Å². The molecular formula is C21H23FN4O4. The van der Waals surface area contributed by atoms with Crippen LogP contribution >= 0.6 is 0 Å². The van der Waals surface area contributed by atoms with Crippen LogP contribution in [0.1, 0.15) is 41.7 Å². The fourth-order valence-corrected chi connectivity index (χ4v) is 3.57. The van der Waals surface area contributed by atoms with Gasteiger partial charge in [-0.15, -0.1) is 0 Å². The maximum Gasteiger partial charge on any atom is 0.313 e. The van der Waals surface area contributed by atoms with Crippen LogP contribution in [-0.2, 0) is 9.59 Å². The number of nitrogens with one attached hydrogen (secondary N) is 1. The Balaban J connectivity index is 1.82. The van der Waals surface area contributed by atoms with Gasteiger partial charge in [0.1, 0.15) is 0 Å². The Labute approximate surface area is 173 Å². The van der Waals surface area contributed by atoms with Crippen molar-refractivity contribution in [3.8, 4) is 5.75 Å². The lowest BCUT2D eigenvalue weighted by atomic mass is 9.89. The van der Waals surface area contributed by atoms with Crippen molar-refractivity contribution in [2.24, 2.45) is 11.7 Å². The molecule has 0 radical (unpaired) electrons. The second-order valence-electron chi connectivity index (χ2n) is 7.33. The summed E-state index contributed by atoms with van der Waals surface area (Å²) in [4.78, 5) is 42.1. The number of anilines is 1. The fourth-order valence-electron chi connectivity index (χ4n) is 3.57. The van der Waals surface area contributed by atoms with Crippen molar-refractivity contribution in [3.05, 3.63) is 53.6 Å². The third-order valence-electron chi connectivity index (χ3n) is 5.11. The first kappa shape index (κ1) is 21.2. The number of ether oxygens (including phenoxy) is 1. The maximum absolute atomic E-state index is 14.2. The number of nitrogens with zero attached hydrogens (tertiary/aromatic N) is 2. The van der Waals surface area contributed by atoms with Crippen molar-refractivity contribution in [1.29, 1.82) is 0 Å². The van der Waals surface area contributed by atoms with Gasteiger partial charge < -0.3 is 20.7 Å². The van der Waals surface area contributed by atoms with Gasteiger partial charge in [0.25, 0.3) is 0 Å². The summed E-state index contributed by atoms with van der Waals surface area (Å²) in [6.07, 6.45) is 4.02. The number of aromatic nitrogens is 1. The van der Waals surface area contributed by atoms with Gasteiger partial charge in [-0.05, 0) is 42.5 Å². The summed E-state index contributed by atoms with van der Waals surface area (Å²) in [5.74, 6) is -2.53. The summed E-state index contributed by atoms with van der Waals surface area (Å²) < 4.78 is 19.2. The molecule has 3 rings (SSSR count). The molecule has 9 heteroatoms. The van der Waals surface area contributed by atoms with Gasteiger partial charge in [-0.2, -0.15) is 0 Å². The van der Waals surface area contributed by atoms with E-state index >= 15 is 0 Å². The lowest BCUT2D eigenvalue weighted by molar-refractivity contribution is -0.146. The van der Waals surface area contributed by atoms with Crippen LogP contribution in [0.3, 0.4) is 0 Å². The summed E-state index contributed by atoms with van der Waals surface area (Å²) in [5, 5.41) is 2.46. The molecule has 1 aromatic heterocycles. The van der Waals surface area contributed by atoms with E-state index < -0.39 is 29.6 Å². The largest absolute Gasteiger partial charge is 0.494 e. The number of hydrogen-bond acceptors (Lipinski definition) is 5. The normalized spacial score (nSPS) is 18.6. The molecule has 2 atom stereocenters. The van der Waals surface area contributed by atoms with Crippen LogP contribution in [0.5, 0.6) is 5.75 Å². The molecule has 158 valence electrons. The van der Waals surface area contributed by atoms with E-state index in [1.807, 2.05) is 6.92 Å². The van der Waals surface area contributed by atoms with Crippen LogP contribution < -0.4 is 15.8 Å². The summed E-state index contributed by atoms with van der Waals surface area (Å²) in [7, 11) is 1.38. The summed E-state index contributed by atoms with van der Waals surface area (Å²) in [5.41, 5.74) is 6.10. The number of methoxy groups -OCH3 is 1. The molecule has 0 bridgehead atoms. The Hall–Kier alpha value is -3.49. The number of nitrogens with two attached hydrogens (primary N) is 1. The van der Waals surface area contributed by atoms with Crippen LogP contribution in [0.15, 0.2) is 36.7 Å². The Morgan fingerprint density at radius 2 is 2.00 bits per heavy atom. The van der Waals surface area contributed by atoms with E-state index in [0.717, 1.165) is 6.42 Å². The molecule has 1 saturated heterocycles. The first-order chi connectivity index (χ1) is 14.3. The minimum atomic E-state index is -0.869. The van der Waals surface area contributed by atoms with E-state index in [-0.39, 0.29) is 22.9 Å². The average molecular weight is 414 g/mol. The van der Waals surface area contributed by atoms with Crippen LogP contribution in [0, 0.1) is 11.7 Å². The van der Waals surface area contributed by atoms with Crippen molar-refractivity contribution >= 4 is 23.4 Å². The minimum absolute atomic E-state index is 0.110. The topological polar surface area (TPSA) is 115 Å². The number of halogens is 1. The van der Waals surface area contributed by atoms with Gasteiger partial charge in [-0.25, -0.2) is 4.39 Å². The molecule has 8 nitrogen and oxygen atoms in total. The standard InChI is InChI=1S/C21H23FN4O4/c1-12-3-5-17(13-4-6-18(30-2)16(22)8-13)26(11-12)21(29)20(28)25-15-7-14(19(23)27)9-24-10-15/h4,6-10,12,17H,3,5,11H2,1-2H3,(H2,23,27)(H,25,28)/t12-,17+/m1/s1. The molecule has 0 aliphatic carbocycles. The SMILES string of the molecule is COc1ccc([C@@H]2CC[C@@H](C)CN2C(=O)C(=O)Nc2cncc(C(N)=O)c2)cc1F. The predicted molar refractivity (Wildman–Crippen MR) is 107 cm³/mol. The molecule has 0 spiro atoms. The van der Waals surface area contributed by atoms with Gasteiger partial charge in [-0.3, -0.25) is 19.4 Å². The third kappa shape index (κ3) is 4.56. The first-order valence-electron chi connectivity index (χ1n) is 9.50. The van der Waals surface area contributed by atoms with E-state index in [1.165, 1.54) is 42.6 Å². The van der Waals surface area contributed by atoms with Gasteiger partial charge in [-0.1, -0.05) is 13.0 Å². The van der Waals surface area contributed by atoms with Gasteiger partial charge >= 0.3 is 11.8 Å². The Morgan fingerprint density at radius 1 is 1.23 bits per heavy atom. The lowest BCUT2D eigenvalue weighted by Crippen LogP contribution is -2.46. The number of likely N-dealkylation sites (tertiary alicyclic amines) is 1. The van der Waals surface area contributed by atoms with Crippen molar-refractivity contribution in [2.75, 3.05) is 19.0 Å². The van der Waals surface area contributed by atoms with Crippen molar-refractivity contribution in [1.82, 2.24) is 9.88 Å². The highest BCUT2D eigenvalue weighted by atomic mass is 19.1. The predicted octanol–water partition coefficient (Wildman–Crippen LogP) is 2.27. The van der Waals surface area contributed by atoms with Gasteiger partial charge in [0, 0.05) is 12.7 Å². The molecule has 1 aliphatic heterocycles. The quantitative estimate of drug-likeness (QED) is 0.745. The van der Waals surface area contributed by atoms with Crippen LogP contribution in [0.4, 0.5) is 10.1 Å². The van der Waals surface area contributed by atoms with Gasteiger partial charge in [0.2, 0.25) is 5.91 Å². The fraction of sp³-hybridized carbons (Fsp3) is 0.333. The number of benzene rings is 1. The molecule has 1 fully saturated rings. The monoisotopic (exact) mass is 414 g/mol. The van der Waals surface area contributed by atoms with Crippen LogP contribution in [0.25, 0.3) is 0 Å². The van der Waals surface area contributed by atoms with Crippen molar-refractivity contribution in [2.45, 2.75) is 25.8 Å². The van der Waals surface area contributed by atoms with E-state index in [0.29, 0.717) is 18.5 Å². The molecule has 3 amide bonds. The number of primary amides is 1. The van der Waals surface area contributed by atoms with Crippen molar-refractivity contribution < 1.29 is 23.5 Å². The second-order valence-corrected chi connectivity index (χ2v) is 7.33. The molecule has 1 aromatic carbocycles. The smallest absolute Gasteiger partial charge is 0.313 e. The zero-order chi connectivity index (χ0) is 21.8. The summed E-state index contributed by atoms with van der Waals surface area (Å²) in [6, 6.07) is 5.44. The molecule has 0 saturated carbocycles. The molecule has 30 heavy (non-hydrogen) atoms. The number of pyridine rings is 1. The van der Waals surface area contributed by atoms with Crippen LogP contribution in [0.2, 0.25) is 0 Å². The minimum Gasteiger partial charge on any atom is -0.494 e. The average Bonchev–Trinajstić information content (AvgIpc) is 2.73. The Morgan fingerprint density at radius 3 is 2.67 bits per heavy atom.